The second-order valence-electron chi connectivity index (χ2n) is 4.56. The lowest BCUT2D eigenvalue weighted by atomic mass is 10.2. The van der Waals surface area contributed by atoms with Crippen molar-refractivity contribution in [3.05, 3.63) is 10.8 Å². The molecule has 18 heavy (non-hydrogen) atoms. The number of amides is 1. The van der Waals surface area contributed by atoms with E-state index in [0.29, 0.717) is 9.97 Å². The molecule has 0 spiro atoms. The molecule has 0 saturated carbocycles. The number of nitrogens with zero attached hydrogens (tertiary/aromatic N) is 5. The van der Waals surface area contributed by atoms with Crippen LogP contribution in [0.3, 0.4) is 0 Å². The molecule has 1 aliphatic heterocycles. The standard InChI is InChI=1S/C11H15N5OS/c1-8-12-13-11-16(8)14-9(18-11)10(17)15-6-4-2-3-5-7-15/h2-7H2,1H3. The predicted molar refractivity (Wildman–Crippen MR) is 67.8 cm³/mol. The van der Waals surface area contributed by atoms with Crippen LogP contribution in [0.25, 0.3) is 4.96 Å². The Morgan fingerprint density at radius 2 is 1.89 bits per heavy atom. The SMILES string of the molecule is Cc1nnc2sc(C(=O)N3CCCCCC3)nn12. The Hall–Kier alpha value is -1.50. The summed E-state index contributed by atoms with van der Waals surface area (Å²) in [4.78, 5) is 14.9. The summed E-state index contributed by atoms with van der Waals surface area (Å²) in [5, 5.41) is 12.7. The van der Waals surface area contributed by atoms with Crippen molar-refractivity contribution in [1.29, 1.82) is 0 Å². The van der Waals surface area contributed by atoms with E-state index in [1.54, 1.807) is 4.52 Å². The van der Waals surface area contributed by atoms with Crippen LogP contribution in [-0.2, 0) is 0 Å². The van der Waals surface area contributed by atoms with Crippen LogP contribution < -0.4 is 0 Å². The van der Waals surface area contributed by atoms with Gasteiger partial charge in [0.1, 0.15) is 0 Å². The molecule has 2 aromatic rings. The molecule has 1 fully saturated rings. The molecule has 0 unspecified atom stereocenters. The Morgan fingerprint density at radius 1 is 1.17 bits per heavy atom. The third-order valence-corrected chi connectivity index (χ3v) is 4.11. The van der Waals surface area contributed by atoms with E-state index in [1.165, 1.54) is 24.2 Å². The van der Waals surface area contributed by atoms with Crippen LogP contribution in [0.2, 0.25) is 0 Å². The van der Waals surface area contributed by atoms with Crippen LogP contribution in [0.1, 0.15) is 41.3 Å². The van der Waals surface area contributed by atoms with Gasteiger partial charge < -0.3 is 4.90 Å². The fourth-order valence-corrected chi connectivity index (χ4v) is 3.06. The number of aryl methyl sites for hydroxylation is 1. The van der Waals surface area contributed by atoms with Gasteiger partial charge in [0.25, 0.3) is 5.91 Å². The Balaban J connectivity index is 1.86. The van der Waals surface area contributed by atoms with Gasteiger partial charge in [-0.1, -0.05) is 24.2 Å². The highest BCUT2D eigenvalue weighted by atomic mass is 32.1. The van der Waals surface area contributed by atoms with Crippen molar-refractivity contribution in [3.63, 3.8) is 0 Å². The number of carbonyl (C=O) groups excluding carboxylic acids is 1. The maximum atomic E-state index is 12.3. The minimum atomic E-state index is 0.0341. The van der Waals surface area contributed by atoms with Gasteiger partial charge in [0.2, 0.25) is 9.97 Å². The minimum absolute atomic E-state index is 0.0341. The lowest BCUT2D eigenvalue weighted by molar-refractivity contribution is 0.0760. The second-order valence-corrected chi connectivity index (χ2v) is 5.51. The molecule has 0 aromatic carbocycles. The molecule has 1 amide bonds. The van der Waals surface area contributed by atoms with E-state index in [1.807, 2.05) is 11.8 Å². The molecule has 0 atom stereocenters. The first-order chi connectivity index (χ1) is 8.75. The number of rotatable bonds is 1. The molecule has 0 radical (unpaired) electrons. The summed E-state index contributed by atoms with van der Waals surface area (Å²) >= 11 is 1.31. The van der Waals surface area contributed by atoms with Gasteiger partial charge in [-0.2, -0.15) is 4.52 Å². The van der Waals surface area contributed by atoms with Crippen molar-refractivity contribution in [3.8, 4) is 0 Å². The summed E-state index contributed by atoms with van der Waals surface area (Å²) in [6, 6.07) is 0. The average Bonchev–Trinajstić information content (AvgIpc) is 2.81. The molecule has 96 valence electrons. The van der Waals surface area contributed by atoms with Crippen LogP contribution in [-0.4, -0.2) is 43.7 Å². The summed E-state index contributed by atoms with van der Waals surface area (Å²) in [5.41, 5.74) is 0. The number of likely N-dealkylation sites (tertiary alicyclic amines) is 1. The van der Waals surface area contributed by atoms with Crippen molar-refractivity contribution in [2.45, 2.75) is 32.6 Å². The maximum absolute atomic E-state index is 12.3. The molecule has 1 saturated heterocycles. The topological polar surface area (TPSA) is 63.4 Å². The molecule has 2 aromatic heterocycles. The van der Waals surface area contributed by atoms with E-state index < -0.39 is 0 Å². The summed E-state index contributed by atoms with van der Waals surface area (Å²) < 4.78 is 1.63. The Bertz CT molecular complexity index is 567. The molecule has 3 heterocycles. The molecule has 6 nitrogen and oxygen atoms in total. The van der Waals surface area contributed by atoms with Crippen LogP contribution in [0.4, 0.5) is 0 Å². The van der Waals surface area contributed by atoms with Crippen LogP contribution in [0.15, 0.2) is 0 Å². The minimum Gasteiger partial charge on any atom is -0.337 e. The van der Waals surface area contributed by atoms with Gasteiger partial charge in [0.15, 0.2) is 5.82 Å². The first-order valence-electron chi connectivity index (χ1n) is 6.24. The molecule has 0 N–H and O–H groups in total. The molecule has 1 aliphatic rings. The zero-order valence-electron chi connectivity index (χ0n) is 10.3. The summed E-state index contributed by atoms with van der Waals surface area (Å²) in [5.74, 6) is 0.753. The lowest BCUT2D eigenvalue weighted by Crippen LogP contribution is -2.31. The first kappa shape index (κ1) is 11.6. The highest BCUT2D eigenvalue weighted by Gasteiger charge is 2.22. The molecular weight excluding hydrogens is 250 g/mol. The third kappa shape index (κ3) is 1.98. The second kappa shape index (κ2) is 4.64. The quantitative estimate of drug-likeness (QED) is 0.784. The van der Waals surface area contributed by atoms with Crippen LogP contribution in [0.5, 0.6) is 0 Å². The van der Waals surface area contributed by atoms with Crippen LogP contribution >= 0.6 is 11.3 Å². The van der Waals surface area contributed by atoms with E-state index >= 15 is 0 Å². The number of hydrogen-bond donors (Lipinski definition) is 0. The fourth-order valence-electron chi connectivity index (χ4n) is 2.21. The van der Waals surface area contributed by atoms with E-state index in [9.17, 15) is 4.79 Å². The number of fused-ring (bicyclic) bond motifs is 1. The zero-order valence-corrected chi connectivity index (χ0v) is 11.1. The van der Waals surface area contributed by atoms with Crippen molar-refractivity contribution >= 4 is 22.2 Å². The number of hydrogen-bond acceptors (Lipinski definition) is 5. The normalized spacial score (nSPS) is 17.1. The number of carbonyl (C=O) groups is 1. The smallest absolute Gasteiger partial charge is 0.284 e. The zero-order chi connectivity index (χ0) is 12.5. The van der Waals surface area contributed by atoms with Crippen molar-refractivity contribution < 1.29 is 4.79 Å². The Kier molecular flexibility index (Phi) is 2.99. The molecule has 7 heteroatoms. The van der Waals surface area contributed by atoms with Crippen molar-refractivity contribution in [1.82, 2.24) is 24.7 Å². The predicted octanol–water partition coefficient (Wildman–Crippen LogP) is 1.51. The molecular formula is C11H15N5OS. The molecule has 3 rings (SSSR count). The van der Waals surface area contributed by atoms with Crippen LogP contribution in [0, 0.1) is 6.92 Å². The fraction of sp³-hybridized carbons (Fsp3) is 0.636. The van der Waals surface area contributed by atoms with Gasteiger partial charge in [0.05, 0.1) is 0 Å². The average molecular weight is 265 g/mol. The van der Waals surface area contributed by atoms with E-state index in [4.69, 9.17) is 0 Å². The van der Waals surface area contributed by atoms with Gasteiger partial charge in [-0.15, -0.1) is 15.3 Å². The Labute approximate surface area is 109 Å². The highest BCUT2D eigenvalue weighted by Crippen LogP contribution is 2.18. The molecule has 0 aliphatic carbocycles. The van der Waals surface area contributed by atoms with Gasteiger partial charge in [-0.25, -0.2) is 0 Å². The lowest BCUT2D eigenvalue weighted by Gasteiger charge is -2.18. The summed E-state index contributed by atoms with van der Waals surface area (Å²) in [7, 11) is 0. The van der Waals surface area contributed by atoms with Gasteiger partial charge in [0, 0.05) is 13.1 Å². The van der Waals surface area contributed by atoms with Crippen molar-refractivity contribution in [2.24, 2.45) is 0 Å². The van der Waals surface area contributed by atoms with E-state index in [0.717, 1.165) is 31.8 Å². The van der Waals surface area contributed by atoms with E-state index in [2.05, 4.69) is 15.3 Å². The van der Waals surface area contributed by atoms with Gasteiger partial charge in [-0.3, -0.25) is 4.79 Å². The van der Waals surface area contributed by atoms with E-state index in [-0.39, 0.29) is 5.91 Å². The Morgan fingerprint density at radius 3 is 2.56 bits per heavy atom. The summed E-state index contributed by atoms with van der Waals surface area (Å²) in [6.07, 6.45) is 4.62. The highest BCUT2D eigenvalue weighted by molar-refractivity contribution is 7.18. The summed E-state index contributed by atoms with van der Waals surface area (Å²) in [6.45, 7) is 3.52. The maximum Gasteiger partial charge on any atom is 0.284 e. The first-order valence-corrected chi connectivity index (χ1v) is 7.05. The van der Waals surface area contributed by atoms with Crippen molar-refractivity contribution in [2.75, 3.05) is 13.1 Å². The number of aromatic nitrogens is 4. The largest absolute Gasteiger partial charge is 0.337 e. The van der Waals surface area contributed by atoms with Gasteiger partial charge in [-0.05, 0) is 19.8 Å². The van der Waals surface area contributed by atoms with Gasteiger partial charge >= 0.3 is 0 Å². The third-order valence-electron chi connectivity index (χ3n) is 3.22. The molecule has 0 bridgehead atoms. The monoisotopic (exact) mass is 265 g/mol.